The lowest BCUT2D eigenvalue weighted by Gasteiger charge is -2.44. The predicted octanol–water partition coefficient (Wildman–Crippen LogP) is 4.50. The molecule has 3 aromatic rings. The molecule has 11 nitrogen and oxygen atoms in total. The van der Waals surface area contributed by atoms with Crippen LogP contribution < -0.4 is 35.8 Å². The lowest BCUT2D eigenvalue weighted by molar-refractivity contribution is -0.135. The highest BCUT2D eigenvalue weighted by molar-refractivity contribution is 5.86. The van der Waals surface area contributed by atoms with E-state index in [1.165, 1.54) is 6.92 Å². The molecule has 1 saturated heterocycles. The molecular weight excluding hydrogens is 624 g/mol. The summed E-state index contributed by atoms with van der Waals surface area (Å²) in [5.74, 6) is 1.37. The minimum Gasteiger partial charge on any atom is -0.493 e. The molecule has 2 bridgehead atoms. The Morgan fingerprint density at radius 1 is 0.980 bits per heavy atom. The molecule has 2 amide bonds. The maximum atomic E-state index is 14.4. The zero-order valence-electron chi connectivity index (χ0n) is 29.1. The number of rotatable bonds is 9. The van der Waals surface area contributed by atoms with E-state index < -0.39 is 12.1 Å². The molecule has 2 N–H and O–H groups in total. The van der Waals surface area contributed by atoms with Crippen LogP contribution in [0.15, 0.2) is 52.1 Å². The second-order valence-electron chi connectivity index (χ2n) is 13.5. The summed E-state index contributed by atoms with van der Waals surface area (Å²) in [6.45, 7) is 7.20. The Morgan fingerprint density at radius 2 is 1.76 bits per heavy atom. The van der Waals surface area contributed by atoms with Crippen molar-refractivity contribution in [1.29, 1.82) is 0 Å². The molecule has 2 aliphatic heterocycles. The summed E-state index contributed by atoms with van der Waals surface area (Å²) < 4.78 is 19.1. The smallest absolute Gasteiger partial charge is 0.250 e. The first-order valence-corrected chi connectivity index (χ1v) is 17.1. The highest BCUT2D eigenvalue weighted by Crippen LogP contribution is 2.50. The number of methoxy groups -OCH3 is 3. The molecule has 6 rings (SSSR count). The van der Waals surface area contributed by atoms with Crippen molar-refractivity contribution in [1.82, 2.24) is 14.8 Å². The second-order valence-corrected chi connectivity index (χ2v) is 13.5. The zero-order chi connectivity index (χ0) is 35.0. The van der Waals surface area contributed by atoms with Crippen LogP contribution in [0.2, 0.25) is 0 Å². The van der Waals surface area contributed by atoms with Crippen molar-refractivity contribution >= 4 is 17.5 Å². The molecule has 5 atom stereocenters. The number of carbonyl (C=O) groups is 2. The van der Waals surface area contributed by atoms with Crippen LogP contribution >= 0.6 is 0 Å². The summed E-state index contributed by atoms with van der Waals surface area (Å²) in [4.78, 5) is 55.3. The second kappa shape index (κ2) is 14.0. The number of nitrogens with one attached hydrogen (secondary N) is 2. The first kappa shape index (κ1) is 34.1. The fourth-order valence-corrected chi connectivity index (χ4v) is 7.95. The van der Waals surface area contributed by atoms with Gasteiger partial charge in [0.15, 0.2) is 11.5 Å². The monoisotopic (exact) mass is 670 g/mol. The van der Waals surface area contributed by atoms with Gasteiger partial charge in [-0.25, -0.2) is 0 Å². The number of likely N-dealkylation sites (tertiary alicyclic amines) is 1. The first-order chi connectivity index (χ1) is 23.6. The fourth-order valence-electron chi connectivity index (χ4n) is 7.95. The molecule has 49 heavy (non-hydrogen) atoms. The lowest BCUT2D eigenvalue weighted by Crippen LogP contribution is -2.54. The number of amides is 2. The highest BCUT2D eigenvalue weighted by Gasteiger charge is 2.39. The van der Waals surface area contributed by atoms with Crippen molar-refractivity contribution in [2.45, 2.75) is 71.0 Å². The summed E-state index contributed by atoms with van der Waals surface area (Å²) in [6.07, 6.45) is 2.81. The van der Waals surface area contributed by atoms with E-state index in [4.69, 9.17) is 14.2 Å². The van der Waals surface area contributed by atoms with E-state index in [2.05, 4.69) is 10.6 Å². The van der Waals surface area contributed by atoms with Crippen LogP contribution in [0.5, 0.6) is 17.2 Å². The molecule has 260 valence electrons. The van der Waals surface area contributed by atoms with Crippen LogP contribution in [0.1, 0.15) is 68.8 Å². The van der Waals surface area contributed by atoms with E-state index in [1.54, 1.807) is 45.6 Å². The Morgan fingerprint density at radius 3 is 2.45 bits per heavy atom. The number of benzene rings is 1. The van der Waals surface area contributed by atoms with Gasteiger partial charge in [-0.05, 0) is 72.1 Å². The van der Waals surface area contributed by atoms with Gasteiger partial charge in [0.1, 0.15) is 6.04 Å². The topological polar surface area (TPSA) is 128 Å². The van der Waals surface area contributed by atoms with Gasteiger partial charge in [-0.3, -0.25) is 19.2 Å². The maximum Gasteiger partial charge on any atom is 0.250 e. The van der Waals surface area contributed by atoms with Gasteiger partial charge in [0.05, 0.1) is 33.1 Å². The molecule has 0 spiro atoms. The molecule has 1 aliphatic carbocycles. The molecular formula is C38H46N4O7. The predicted molar refractivity (Wildman–Crippen MR) is 188 cm³/mol. The summed E-state index contributed by atoms with van der Waals surface area (Å²) in [7, 11) is 4.69. The molecule has 1 aromatic heterocycles. The van der Waals surface area contributed by atoms with E-state index in [-0.39, 0.29) is 40.6 Å². The van der Waals surface area contributed by atoms with Gasteiger partial charge in [-0.2, -0.15) is 0 Å². The van der Waals surface area contributed by atoms with Crippen molar-refractivity contribution in [3.05, 3.63) is 79.9 Å². The third kappa shape index (κ3) is 6.38. The number of hydrogen-bond acceptors (Lipinski definition) is 8. The maximum absolute atomic E-state index is 14.4. The molecule has 11 heteroatoms. The minimum absolute atomic E-state index is 0.00279. The van der Waals surface area contributed by atoms with Gasteiger partial charge in [-0.1, -0.05) is 32.4 Å². The summed E-state index contributed by atoms with van der Waals surface area (Å²) in [6, 6.07) is 11.4. The molecule has 0 radical (unpaired) electrons. The molecule has 1 fully saturated rings. The zero-order valence-corrected chi connectivity index (χ0v) is 29.1. The number of ether oxygens (including phenoxy) is 3. The quantitative estimate of drug-likeness (QED) is 0.341. The highest BCUT2D eigenvalue weighted by atomic mass is 16.5. The SMILES string of the molecule is CCC(C)C(Nc1ccc2c(cc1=O)C(NC(C)=O)CCc1cc(OC)c(OC)c(OC)c1-2)C(=O)N1CC2CC(C1)c1cccc(=O)n1C2. The third-order valence-electron chi connectivity index (χ3n) is 10.5. The van der Waals surface area contributed by atoms with Crippen LogP contribution in [-0.2, 0) is 22.6 Å². The Kier molecular flexibility index (Phi) is 9.72. The molecule has 2 aromatic carbocycles. The van der Waals surface area contributed by atoms with Gasteiger partial charge in [0, 0.05) is 49.8 Å². The Hall–Kier alpha value is -4.80. The number of hydrogen-bond donors (Lipinski definition) is 2. The number of nitrogens with zero attached hydrogens (tertiary/aromatic N) is 2. The van der Waals surface area contributed by atoms with Gasteiger partial charge in [0.2, 0.25) is 23.0 Å². The van der Waals surface area contributed by atoms with Crippen LogP contribution in [0.4, 0.5) is 5.69 Å². The van der Waals surface area contributed by atoms with Gasteiger partial charge in [0.25, 0.3) is 5.56 Å². The van der Waals surface area contributed by atoms with Crippen molar-refractivity contribution < 1.29 is 23.8 Å². The van der Waals surface area contributed by atoms with E-state index in [0.717, 1.165) is 35.2 Å². The van der Waals surface area contributed by atoms with Crippen molar-refractivity contribution in [3.63, 3.8) is 0 Å². The average Bonchev–Trinajstić information content (AvgIpc) is 3.33. The van der Waals surface area contributed by atoms with Crippen LogP contribution in [0, 0.1) is 11.8 Å². The number of piperidine rings is 1. The Balaban J connectivity index is 1.40. The fraction of sp³-hybridized carbons (Fsp3) is 0.474. The number of pyridine rings is 1. The summed E-state index contributed by atoms with van der Waals surface area (Å²) in [5.41, 5.74) is 4.06. The van der Waals surface area contributed by atoms with Crippen LogP contribution in [0.3, 0.4) is 0 Å². The van der Waals surface area contributed by atoms with Crippen LogP contribution in [-0.4, -0.2) is 61.7 Å². The van der Waals surface area contributed by atoms with Crippen molar-refractivity contribution in [2.24, 2.45) is 11.8 Å². The van der Waals surface area contributed by atoms with E-state index in [0.29, 0.717) is 61.0 Å². The Bertz CT molecular complexity index is 1890. The van der Waals surface area contributed by atoms with Gasteiger partial charge >= 0.3 is 0 Å². The molecule has 5 unspecified atom stereocenters. The number of aromatic nitrogens is 1. The Labute approximate surface area is 286 Å². The van der Waals surface area contributed by atoms with Gasteiger partial charge < -0.3 is 34.3 Å². The number of fused-ring (bicyclic) bond motifs is 7. The number of aryl methyl sites for hydroxylation is 1. The van der Waals surface area contributed by atoms with Crippen molar-refractivity contribution in [2.75, 3.05) is 39.7 Å². The molecule has 0 saturated carbocycles. The minimum atomic E-state index is -0.644. The largest absolute Gasteiger partial charge is 0.493 e. The normalized spacial score (nSPS) is 20.4. The molecule has 3 aliphatic rings. The van der Waals surface area contributed by atoms with Gasteiger partial charge in [-0.15, -0.1) is 0 Å². The van der Waals surface area contributed by atoms with E-state index in [1.807, 2.05) is 41.5 Å². The molecule has 3 heterocycles. The van der Waals surface area contributed by atoms with E-state index in [9.17, 15) is 19.2 Å². The number of anilines is 1. The number of carbonyl (C=O) groups excluding carboxylic acids is 2. The van der Waals surface area contributed by atoms with E-state index >= 15 is 0 Å². The summed E-state index contributed by atoms with van der Waals surface area (Å²) in [5, 5.41) is 6.42. The average molecular weight is 671 g/mol. The lowest BCUT2D eigenvalue weighted by atomic mass is 9.82. The standard InChI is InChI=1S/C38H46N4O7/c1-7-21(2)35(38(46)41-18-23-15-25(20-41)30-9-8-10-33(45)42(30)19-23)40-29-14-12-26-27(17-31(29)44)28(39-22(3)43)13-11-24-16-32(47-4)36(48-5)37(49-6)34(24)26/h8-10,12,14,16-17,21,23,25,28,35H,7,11,13,15,18-20H2,1-6H3,(H,39,43)(H,40,44). The first-order valence-electron chi connectivity index (χ1n) is 17.1. The summed E-state index contributed by atoms with van der Waals surface area (Å²) >= 11 is 0. The third-order valence-corrected chi connectivity index (χ3v) is 10.5. The van der Waals surface area contributed by atoms with Crippen molar-refractivity contribution in [3.8, 4) is 28.4 Å². The van der Waals surface area contributed by atoms with Crippen LogP contribution in [0.25, 0.3) is 11.1 Å².